The predicted octanol–water partition coefficient (Wildman–Crippen LogP) is 0.618. The summed E-state index contributed by atoms with van der Waals surface area (Å²) in [6.45, 7) is 0.637. The number of fused-ring (bicyclic) bond motifs is 1. The first kappa shape index (κ1) is 14.6. The first-order chi connectivity index (χ1) is 11.6. The zero-order valence-electron chi connectivity index (χ0n) is 12.6. The van der Waals surface area contributed by atoms with Crippen LogP contribution in [0.5, 0.6) is 11.5 Å². The van der Waals surface area contributed by atoms with Crippen molar-refractivity contribution in [3.05, 3.63) is 29.8 Å². The quantitative estimate of drug-likeness (QED) is 0.755. The number of carbonyl (C=O) groups excluding carboxylic acids is 3. The molecule has 124 valence electrons. The molecule has 2 saturated heterocycles. The van der Waals surface area contributed by atoms with Crippen LogP contribution in [0.3, 0.4) is 0 Å². The molecule has 0 aliphatic carbocycles. The summed E-state index contributed by atoms with van der Waals surface area (Å²) in [5.74, 6) is 0.808. The van der Waals surface area contributed by atoms with E-state index < -0.39 is 6.09 Å². The van der Waals surface area contributed by atoms with Gasteiger partial charge in [-0.05, 0) is 23.8 Å². The van der Waals surface area contributed by atoms with Crippen molar-refractivity contribution < 1.29 is 28.6 Å². The minimum absolute atomic E-state index is 0.177. The SMILES string of the molecule is O=C(/C=C/c1ccc2c(c1)OCO2)N1CC(N2C(=O)COC2=O)C1. The lowest BCUT2D eigenvalue weighted by molar-refractivity contribution is -0.138. The lowest BCUT2D eigenvalue weighted by Gasteiger charge is -2.41. The standard InChI is InChI=1S/C16H14N2O6/c19-14(4-2-10-1-3-12-13(5-10)24-9-23-12)17-6-11(7-17)18-15(20)8-22-16(18)21/h1-5,11H,6-9H2/b4-2+. The van der Waals surface area contributed by atoms with E-state index in [4.69, 9.17) is 9.47 Å². The molecule has 3 aliphatic rings. The van der Waals surface area contributed by atoms with E-state index in [9.17, 15) is 14.4 Å². The van der Waals surface area contributed by atoms with Crippen molar-refractivity contribution in [3.63, 3.8) is 0 Å². The van der Waals surface area contributed by atoms with Crippen LogP contribution >= 0.6 is 0 Å². The number of nitrogens with zero attached hydrogens (tertiary/aromatic N) is 2. The van der Waals surface area contributed by atoms with Crippen LogP contribution in [0, 0.1) is 0 Å². The van der Waals surface area contributed by atoms with Gasteiger partial charge in [-0.3, -0.25) is 9.59 Å². The number of ether oxygens (including phenoxy) is 3. The molecule has 0 aromatic heterocycles. The number of cyclic esters (lactones) is 1. The van der Waals surface area contributed by atoms with E-state index in [0.29, 0.717) is 24.6 Å². The Bertz CT molecular complexity index is 737. The van der Waals surface area contributed by atoms with E-state index in [0.717, 1.165) is 10.5 Å². The van der Waals surface area contributed by atoms with Crippen molar-refractivity contribution >= 4 is 24.0 Å². The van der Waals surface area contributed by atoms with Gasteiger partial charge in [-0.15, -0.1) is 0 Å². The molecule has 3 heterocycles. The maximum atomic E-state index is 12.1. The molecule has 0 spiro atoms. The summed E-state index contributed by atoms with van der Waals surface area (Å²) in [5, 5.41) is 0. The van der Waals surface area contributed by atoms with E-state index in [1.165, 1.54) is 6.08 Å². The number of likely N-dealkylation sites (tertiary alicyclic amines) is 1. The van der Waals surface area contributed by atoms with E-state index >= 15 is 0 Å². The molecule has 24 heavy (non-hydrogen) atoms. The zero-order chi connectivity index (χ0) is 16.7. The van der Waals surface area contributed by atoms with E-state index in [1.807, 2.05) is 6.07 Å². The fourth-order valence-corrected chi connectivity index (χ4v) is 2.81. The maximum Gasteiger partial charge on any atom is 0.417 e. The van der Waals surface area contributed by atoms with Crippen LogP contribution in [0.4, 0.5) is 4.79 Å². The van der Waals surface area contributed by atoms with E-state index in [-0.39, 0.29) is 31.3 Å². The molecular formula is C16H14N2O6. The van der Waals surface area contributed by atoms with Gasteiger partial charge in [-0.1, -0.05) is 6.07 Å². The highest BCUT2D eigenvalue weighted by atomic mass is 16.7. The second-order valence-electron chi connectivity index (χ2n) is 5.66. The lowest BCUT2D eigenvalue weighted by atomic mass is 10.1. The number of rotatable bonds is 3. The van der Waals surface area contributed by atoms with Gasteiger partial charge in [0.05, 0.1) is 6.04 Å². The van der Waals surface area contributed by atoms with Gasteiger partial charge in [-0.25, -0.2) is 9.69 Å². The van der Waals surface area contributed by atoms with Crippen molar-refractivity contribution in [1.82, 2.24) is 9.80 Å². The van der Waals surface area contributed by atoms with E-state index in [1.54, 1.807) is 23.1 Å². The smallest absolute Gasteiger partial charge is 0.417 e. The molecule has 8 nitrogen and oxygen atoms in total. The normalized spacial score (nSPS) is 19.8. The second-order valence-corrected chi connectivity index (χ2v) is 5.66. The minimum Gasteiger partial charge on any atom is -0.454 e. The summed E-state index contributed by atoms with van der Waals surface area (Å²) in [7, 11) is 0. The average molecular weight is 330 g/mol. The van der Waals surface area contributed by atoms with Crippen molar-refractivity contribution in [2.45, 2.75) is 6.04 Å². The molecule has 3 aliphatic heterocycles. The molecule has 0 atom stereocenters. The fraction of sp³-hybridized carbons (Fsp3) is 0.312. The molecule has 1 aromatic rings. The summed E-state index contributed by atoms with van der Waals surface area (Å²) >= 11 is 0. The number of hydrogen-bond donors (Lipinski definition) is 0. The molecule has 0 radical (unpaired) electrons. The summed E-state index contributed by atoms with van der Waals surface area (Å²) in [4.78, 5) is 37.8. The molecule has 0 saturated carbocycles. The average Bonchev–Trinajstić information content (AvgIpc) is 3.12. The van der Waals surface area contributed by atoms with Crippen LogP contribution < -0.4 is 9.47 Å². The number of carbonyl (C=O) groups is 3. The Kier molecular flexibility index (Phi) is 3.37. The van der Waals surface area contributed by atoms with Gasteiger partial charge < -0.3 is 19.1 Å². The highest BCUT2D eigenvalue weighted by Crippen LogP contribution is 2.32. The van der Waals surface area contributed by atoms with Gasteiger partial charge in [0.1, 0.15) is 0 Å². The summed E-state index contributed by atoms with van der Waals surface area (Å²) in [5.41, 5.74) is 0.822. The Labute approximate surface area is 137 Å². The third kappa shape index (κ3) is 2.45. The Hall–Kier alpha value is -3.03. The minimum atomic E-state index is -0.631. The molecular weight excluding hydrogens is 316 g/mol. The van der Waals surface area contributed by atoms with Gasteiger partial charge in [0.2, 0.25) is 12.7 Å². The van der Waals surface area contributed by atoms with Gasteiger partial charge >= 0.3 is 6.09 Å². The lowest BCUT2D eigenvalue weighted by Crippen LogP contribution is -2.61. The maximum absolute atomic E-state index is 12.1. The second kappa shape index (κ2) is 5.55. The molecule has 1 aromatic carbocycles. The topological polar surface area (TPSA) is 85.4 Å². The molecule has 0 bridgehead atoms. The number of imide groups is 1. The van der Waals surface area contributed by atoms with Crippen molar-refractivity contribution in [2.24, 2.45) is 0 Å². The van der Waals surface area contributed by atoms with Gasteiger partial charge in [0.25, 0.3) is 5.91 Å². The van der Waals surface area contributed by atoms with Gasteiger partial charge in [0.15, 0.2) is 18.1 Å². The third-order valence-corrected chi connectivity index (χ3v) is 4.14. The van der Waals surface area contributed by atoms with Crippen LogP contribution in [-0.2, 0) is 14.3 Å². The first-order valence-electron chi connectivity index (χ1n) is 7.47. The Balaban J connectivity index is 1.34. The van der Waals surface area contributed by atoms with Crippen molar-refractivity contribution in [1.29, 1.82) is 0 Å². The van der Waals surface area contributed by atoms with Crippen LogP contribution in [-0.4, -0.2) is 60.2 Å². The Morgan fingerprint density at radius 2 is 1.92 bits per heavy atom. The zero-order valence-corrected chi connectivity index (χ0v) is 12.6. The molecule has 0 N–H and O–H groups in total. The highest BCUT2D eigenvalue weighted by molar-refractivity contribution is 5.99. The fourth-order valence-electron chi connectivity index (χ4n) is 2.81. The van der Waals surface area contributed by atoms with Gasteiger partial charge in [0, 0.05) is 19.2 Å². The molecule has 3 amide bonds. The first-order valence-corrected chi connectivity index (χ1v) is 7.47. The third-order valence-electron chi connectivity index (χ3n) is 4.14. The van der Waals surface area contributed by atoms with Crippen LogP contribution in [0.25, 0.3) is 6.08 Å². The van der Waals surface area contributed by atoms with Crippen molar-refractivity contribution in [2.75, 3.05) is 26.5 Å². The number of benzene rings is 1. The highest BCUT2D eigenvalue weighted by Gasteiger charge is 2.43. The summed E-state index contributed by atoms with van der Waals surface area (Å²) in [6, 6.07) is 5.12. The predicted molar refractivity (Wildman–Crippen MR) is 80.2 cm³/mol. The summed E-state index contributed by atoms with van der Waals surface area (Å²) < 4.78 is 15.2. The molecule has 2 fully saturated rings. The van der Waals surface area contributed by atoms with Crippen LogP contribution in [0.2, 0.25) is 0 Å². The van der Waals surface area contributed by atoms with Crippen molar-refractivity contribution in [3.8, 4) is 11.5 Å². The largest absolute Gasteiger partial charge is 0.454 e. The Morgan fingerprint density at radius 1 is 1.12 bits per heavy atom. The number of hydrogen-bond acceptors (Lipinski definition) is 6. The summed E-state index contributed by atoms with van der Waals surface area (Å²) in [6.07, 6.45) is 2.51. The van der Waals surface area contributed by atoms with Crippen LogP contribution in [0.15, 0.2) is 24.3 Å². The van der Waals surface area contributed by atoms with Crippen LogP contribution in [0.1, 0.15) is 5.56 Å². The van der Waals surface area contributed by atoms with Gasteiger partial charge in [-0.2, -0.15) is 0 Å². The Morgan fingerprint density at radius 3 is 2.67 bits per heavy atom. The molecule has 8 heteroatoms. The number of amides is 3. The molecule has 0 unspecified atom stereocenters. The van der Waals surface area contributed by atoms with E-state index in [2.05, 4.69) is 4.74 Å². The monoisotopic (exact) mass is 330 g/mol. The molecule has 4 rings (SSSR count).